The number of H-pyrrole nitrogens is 1. The maximum Gasteiger partial charge on any atom is 0.255 e. The molecule has 1 N–H and O–H groups in total. The molecule has 2 amide bonds. The number of fused-ring (bicyclic) bond motifs is 2. The predicted octanol–water partition coefficient (Wildman–Crippen LogP) is 6.05. The molecule has 216 valence electrons. The zero-order chi connectivity index (χ0) is 29.5. The molecular weight excluding hydrogens is 536 g/mol. The van der Waals surface area contributed by atoms with Crippen molar-refractivity contribution in [3.8, 4) is 17.0 Å². The lowest BCUT2D eigenvalue weighted by atomic mass is 9.93. The highest BCUT2D eigenvalue weighted by Crippen LogP contribution is 2.45. The summed E-state index contributed by atoms with van der Waals surface area (Å²) in [5.41, 5.74) is 7.84. The first-order valence-electron chi connectivity index (χ1n) is 14.8. The second-order valence-corrected chi connectivity index (χ2v) is 11.3. The summed E-state index contributed by atoms with van der Waals surface area (Å²) < 4.78 is 5.56. The smallest absolute Gasteiger partial charge is 0.255 e. The van der Waals surface area contributed by atoms with Gasteiger partial charge in [-0.05, 0) is 42.3 Å². The Morgan fingerprint density at radius 2 is 1.56 bits per heavy atom. The second kappa shape index (κ2) is 11.0. The summed E-state index contributed by atoms with van der Waals surface area (Å²) in [5.74, 6) is 0.679. The quantitative estimate of drug-likeness (QED) is 0.270. The van der Waals surface area contributed by atoms with Gasteiger partial charge in [0.15, 0.2) is 0 Å². The van der Waals surface area contributed by atoms with Crippen LogP contribution in [0.4, 0.5) is 5.69 Å². The molecule has 1 fully saturated rings. The Hall–Kier alpha value is -5.04. The fourth-order valence-electron chi connectivity index (χ4n) is 6.57. The van der Waals surface area contributed by atoms with Crippen molar-refractivity contribution in [1.82, 2.24) is 14.8 Å². The molecule has 1 saturated heterocycles. The van der Waals surface area contributed by atoms with E-state index in [9.17, 15) is 9.59 Å². The number of carbonyl (C=O) groups is 2. The van der Waals surface area contributed by atoms with Crippen LogP contribution in [0.3, 0.4) is 0 Å². The number of amides is 2. The topological polar surface area (TPSA) is 68.9 Å². The van der Waals surface area contributed by atoms with Crippen LogP contribution in [0.1, 0.15) is 33.1 Å². The standard InChI is InChI=1S/C36H34N4O3/c1-24-15-17-25(18-16-24)34-33(28-11-5-6-12-29(28)37-34)35-26-9-3-4-10-27(26)36(42)40(35)23-32(41)39-21-19-38(20-22-39)30-13-7-8-14-31(30)43-2/h3-18,35,37H,19-23H2,1-2H3. The molecule has 0 bridgehead atoms. The number of ether oxygens (including phenoxy) is 1. The summed E-state index contributed by atoms with van der Waals surface area (Å²) in [6.45, 7) is 4.65. The number of methoxy groups -OCH3 is 1. The van der Waals surface area contributed by atoms with Crippen molar-refractivity contribution in [1.29, 1.82) is 0 Å². The number of nitrogens with zero attached hydrogens (tertiary/aromatic N) is 3. The normalized spacial score (nSPS) is 16.6. The molecule has 1 unspecified atom stereocenters. The Morgan fingerprint density at radius 3 is 2.35 bits per heavy atom. The highest BCUT2D eigenvalue weighted by molar-refractivity contribution is 6.03. The van der Waals surface area contributed by atoms with Gasteiger partial charge in [-0.3, -0.25) is 9.59 Å². The number of aromatic nitrogens is 1. The molecule has 2 aliphatic heterocycles. The fraction of sp³-hybridized carbons (Fsp3) is 0.222. The number of carbonyl (C=O) groups excluding carboxylic acids is 2. The van der Waals surface area contributed by atoms with Gasteiger partial charge in [-0.25, -0.2) is 0 Å². The summed E-state index contributed by atoms with van der Waals surface area (Å²) in [5, 5.41) is 1.05. The van der Waals surface area contributed by atoms with Crippen LogP contribution in [-0.2, 0) is 4.79 Å². The van der Waals surface area contributed by atoms with Gasteiger partial charge in [0.2, 0.25) is 5.91 Å². The van der Waals surface area contributed by atoms with E-state index in [1.807, 2.05) is 65.6 Å². The summed E-state index contributed by atoms with van der Waals surface area (Å²) in [7, 11) is 1.68. The molecular formula is C36H34N4O3. The van der Waals surface area contributed by atoms with Gasteiger partial charge in [0.25, 0.3) is 5.91 Å². The minimum Gasteiger partial charge on any atom is -0.495 e. The number of rotatable bonds is 6. The number of piperazine rings is 1. The SMILES string of the molecule is COc1ccccc1N1CCN(C(=O)CN2C(=O)c3ccccc3C2c2c(-c3ccc(C)cc3)[nH]c3ccccc23)CC1. The van der Waals surface area contributed by atoms with E-state index in [4.69, 9.17) is 4.74 Å². The predicted molar refractivity (Wildman–Crippen MR) is 170 cm³/mol. The third kappa shape index (κ3) is 4.71. The molecule has 5 aromatic rings. The molecule has 0 saturated carbocycles. The molecule has 0 spiro atoms. The van der Waals surface area contributed by atoms with Gasteiger partial charge in [0, 0.05) is 48.2 Å². The Balaban J connectivity index is 1.22. The third-order valence-electron chi connectivity index (χ3n) is 8.78. The first-order chi connectivity index (χ1) is 21.0. The van der Waals surface area contributed by atoms with E-state index in [-0.39, 0.29) is 18.4 Å². The van der Waals surface area contributed by atoms with Gasteiger partial charge >= 0.3 is 0 Å². The van der Waals surface area contributed by atoms with Crippen molar-refractivity contribution in [2.45, 2.75) is 13.0 Å². The van der Waals surface area contributed by atoms with Gasteiger partial charge in [-0.15, -0.1) is 0 Å². The number of anilines is 1. The van der Waals surface area contributed by atoms with Crippen molar-refractivity contribution >= 4 is 28.4 Å². The first kappa shape index (κ1) is 26.8. The lowest BCUT2D eigenvalue weighted by molar-refractivity contribution is -0.132. The Kier molecular flexibility index (Phi) is 6.86. The van der Waals surface area contributed by atoms with Gasteiger partial charge in [-0.2, -0.15) is 0 Å². The summed E-state index contributed by atoms with van der Waals surface area (Å²) in [4.78, 5) is 37.4. The molecule has 0 radical (unpaired) electrons. The highest BCUT2D eigenvalue weighted by Gasteiger charge is 2.41. The van der Waals surface area contributed by atoms with Crippen LogP contribution in [0, 0.1) is 6.92 Å². The minimum absolute atomic E-state index is 0.0136. The van der Waals surface area contributed by atoms with E-state index in [0.29, 0.717) is 31.7 Å². The largest absolute Gasteiger partial charge is 0.495 e. The molecule has 0 aliphatic carbocycles. The zero-order valence-electron chi connectivity index (χ0n) is 24.4. The number of para-hydroxylation sites is 3. The van der Waals surface area contributed by atoms with Crippen molar-refractivity contribution < 1.29 is 14.3 Å². The van der Waals surface area contributed by atoms with Crippen LogP contribution >= 0.6 is 0 Å². The zero-order valence-corrected chi connectivity index (χ0v) is 24.4. The maximum absolute atomic E-state index is 14.0. The minimum atomic E-state index is -0.394. The average Bonchev–Trinajstić information content (AvgIpc) is 3.56. The van der Waals surface area contributed by atoms with Crippen LogP contribution in [0.15, 0.2) is 97.1 Å². The average molecular weight is 571 g/mol. The number of hydrogen-bond donors (Lipinski definition) is 1. The molecule has 43 heavy (non-hydrogen) atoms. The Morgan fingerprint density at radius 1 is 0.860 bits per heavy atom. The monoisotopic (exact) mass is 570 g/mol. The summed E-state index contributed by atoms with van der Waals surface area (Å²) in [6, 6.07) is 32.0. The molecule has 7 rings (SSSR count). The lowest BCUT2D eigenvalue weighted by Crippen LogP contribution is -2.51. The van der Waals surface area contributed by atoms with E-state index >= 15 is 0 Å². The van der Waals surface area contributed by atoms with E-state index in [0.717, 1.165) is 44.7 Å². The number of aromatic amines is 1. The number of benzene rings is 4. The maximum atomic E-state index is 14.0. The second-order valence-electron chi connectivity index (χ2n) is 11.3. The molecule has 4 aromatic carbocycles. The fourth-order valence-corrected chi connectivity index (χ4v) is 6.57. The van der Waals surface area contributed by atoms with Gasteiger partial charge < -0.3 is 24.4 Å². The molecule has 7 nitrogen and oxygen atoms in total. The molecule has 1 atom stereocenters. The summed E-state index contributed by atoms with van der Waals surface area (Å²) >= 11 is 0. The van der Waals surface area contributed by atoms with Crippen LogP contribution in [0.2, 0.25) is 0 Å². The van der Waals surface area contributed by atoms with Crippen molar-refractivity contribution in [3.05, 3.63) is 119 Å². The number of aryl methyl sites for hydroxylation is 1. The van der Waals surface area contributed by atoms with Crippen molar-refractivity contribution in [2.75, 3.05) is 44.7 Å². The molecule has 7 heteroatoms. The summed E-state index contributed by atoms with van der Waals surface area (Å²) in [6.07, 6.45) is 0. The highest BCUT2D eigenvalue weighted by atomic mass is 16.5. The van der Waals surface area contributed by atoms with Gasteiger partial charge in [0.05, 0.1) is 24.5 Å². The van der Waals surface area contributed by atoms with Gasteiger partial charge in [-0.1, -0.05) is 78.4 Å². The van der Waals surface area contributed by atoms with E-state index < -0.39 is 6.04 Å². The lowest BCUT2D eigenvalue weighted by Gasteiger charge is -2.37. The molecule has 1 aromatic heterocycles. The van der Waals surface area contributed by atoms with Crippen molar-refractivity contribution in [3.63, 3.8) is 0 Å². The van der Waals surface area contributed by atoms with E-state index in [1.165, 1.54) is 5.56 Å². The van der Waals surface area contributed by atoms with Crippen LogP contribution in [-0.4, -0.2) is 66.4 Å². The number of hydrogen-bond acceptors (Lipinski definition) is 4. The first-order valence-corrected chi connectivity index (χ1v) is 14.8. The third-order valence-corrected chi connectivity index (χ3v) is 8.78. The van der Waals surface area contributed by atoms with Crippen LogP contribution in [0.25, 0.3) is 22.2 Å². The van der Waals surface area contributed by atoms with Crippen molar-refractivity contribution in [2.24, 2.45) is 0 Å². The van der Waals surface area contributed by atoms with E-state index in [2.05, 4.69) is 53.2 Å². The van der Waals surface area contributed by atoms with Crippen LogP contribution in [0.5, 0.6) is 5.75 Å². The molecule has 2 aliphatic rings. The molecule has 3 heterocycles. The van der Waals surface area contributed by atoms with E-state index in [1.54, 1.807) is 12.0 Å². The van der Waals surface area contributed by atoms with Crippen LogP contribution < -0.4 is 9.64 Å². The number of nitrogens with one attached hydrogen (secondary N) is 1. The van der Waals surface area contributed by atoms with Gasteiger partial charge in [0.1, 0.15) is 12.3 Å². The Bertz CT molecular complexity index is 1820. The Labute approximate surface area is 251 Å².